The molecule has 0 amide bonds. The summed E-state index contributed by atoms with van der Waals surface area (Å²) in [6, 6.07) is 1.28. The highest BCUT2D eigenvalue weighted by Gasteiger charge is 2.48. The maximum Gasteiger partial charge on any atom is 0.0652 e. The number of rotatable bonds is 7. The molecule has 0 bridgehead atoms. The molecule has 0 radical (unpaired) electrons. The SMILES string of the molecule is COC1CC(NC(CC(C)C)CC(C)C)C1(C)C. The second kappa shape index (κ2) is 6.38. The van der Waals surface area contributed by atoms with Gasteiger partial charge in [0, 0.05) is 24.6 Å². The molecule has 2 heteroatoms. The number of hydrogen-bond donors (Lipinski definition) is 1. The standard InChI is InChI=1S/C16H33NO/c1-11(2)8-13(9-12(3)4)17-14-10-15(18-7)16(14,5)6/h11-15,17H,8-10H2,1-7H3. The summed E-state index contributed by atoms with van der Waals surface area (Å²) in [7, 11) is 1.84. The molecule has 0 spiro atoms. The fourth-order valence-electron chi connectivity index (χ4n) is 3.22. The van der Waals surface area contributed by atoms with Crippen molar-refractivity contribution in [2.45, 2.75) is 79.0 Å². The Morgan fingerprint density at radius 1 is 1.11 bits per heavy atom. The first-order valence-electron chi connectivity index (χ1n) is 7.56. The van der Waals surface area contributed by atoms with Crippen LogP contribution in [0.3, 0.4) is 0 Å². The van der Waals surface area contributed by atoms with Crippen LogP contribution >= 0.6 is 0 Å². The Morgan fingerprint density at radius 3 is 1.94 bits per heavy atom. The van der Waals surface area contributed by atoms with Crippen molar-refractivity contribution >= 4 is 0 Å². The maximum atomic E-state index is 5.54. The second-order valence-corrected chi connectivity index (χ2v) is 7.46. The van der Waals surface area contributed by atoms with Gasteiger partial charge in [0.15, 0.2) is 0 Å². The van der Waals surface area contributed by atoms with E-state index in [4.69, 9.17) is 4.74 Å². The summed E-state index contributed by atoms with van der Waals surface area (Å²) in [6.07, 6.45) is 4.15. The van der Waals surface area contributed by atoms with E-state index in [0.717, 1.165) is 18.3 Å². The zero-order valence-corrected chi connectivity index (χ0v) is 13.4. The summed E-state index contributed by atoms with van der Waals surface area (Å²) in [4.78, 5) is 0. The van der Waals surface area contributed by atoms with Gasteiger partial charge in [-0.15, -0.1) is 0 Å². The van der Waals surface area contributed by atoms with Crippen LogP contribution in [0.2, 0.25) is 0 Å². The van der Waals surface area contributed by atoms with Crippen molar-refractivity contribution < 1.29 is 4.74 Å². The van der Waals surface area contributed by atoms with Crippen molar-refractivity contribution in [1.82, 2.24) is 5.32 Å². The van der Waals surface area contributed by atoms with Crippen LogP contribution < -0.4 is 5.32 Å². The minimum atomic E-state index is 0.279. The van der Waals surface area contributed by atoms with Crippen molar-refractivity contribution in [2.24, 2.45) is 17.3 Å². The van der Waals surface area contributed by atoms with Crippen molar-refractivity contribution in [3.05, 3.63) is 0 Å². The quantitative estimate of drug-likeness (QED) is 0.746. The van der Waals surface area contributed by atoms with Gasteiger partial charge in [0.05, 0.1) is 6.10 Å². The molecule has 0 heterocycles. The fraction of sp³-hybridized carbons (Fsp3) is 1.00. The zero-order chi connectivity index (χ0) is 13.9. The lowest BCUT2D eigenvalue weighted by molar-refractivity contribution is -0.101. The van der Waals surface area contributed by atoms with Crippen LogP contribution in [0.1, 0.15) is 60.8 Å². The Morgan fingerprint density at radius 2 is 1.61 bits per heavy atom. The number of nitrogens with one attached hydrogen (secondary N) is 1. The second-order valence-electron chi connectivity index (χ2n) is 7.46. The van der Waals surface area contributed by atoms with Gasteiger partial charge in [-0.25, -0.2) is 0 Å². The summed E-state index contributed by atoms with van der Waals surface area (Å²) in [5, 5.41) is 3.89. The third-order valence-electron chi connectivity index (χ3n) is 4.41. The van der Waals surface area contributed by atoms with Crippen LogP contribution in [0, 0.1) is 17.3 Å². The topological polar surface area (TPSA) is 21.3 Å². The highest BCUT2D eigenvalue weighted by atomic mass is 16.5. The molecule has 1 aliphatic carbocycles. The van der Waals surface area contributed by atoms with Gasteiger partial charge < -0.3 is 10.1 Å². The molecule has 2 nitrogen and oxygen atoms in total. The van der Waals surface area contributed by atoms with E-state index in [-0.39, 0.29) is 5.41 Å². The summed E-state index contributed by atoms with van der Waals surface area (Å²) in [6.45, 7) is 13.9. The Labute approximate surface area is 114 Å². The van der Waals surface area contributed by atoms with Crippen LogP contribution in [0.4, 0.5) is 0 Å². The molecule has 1 fully saturated rings. The molecule has 1 N–H and O–H groups in total. The first-order chi connectivity index (χ1) is 8.27. The Balaban J connectivity index is 2.51. The summed E-state index contributed by atoms with van der Waals surface area (Å²) in [5.74, 6) is 1.53. The van der Waals surface area contributed by atoms with Crippen molar-refractivity contribution in [3.8, 4) is 0 Å². The maximum absolute atomic E-state index is 5.54. The highest BCUT2D eigenvalue weighted by molar-refractivity contribution is 5.03. The lowest BCUT2D eigenvalue weighted by Crippen LogP contribution is -2.62. The van der Waals surface area contributed by atoms with E-state index in [9.17, 15) is 0 Å². The van der Waals surface area contributed by atoms with E-state index >= 15 is 0 Å². The molecule has 0 aliphatic heterocycles. The smallest absolute Gasteiger partial charge is 0.0652 e. The largest absolute Gasteiger partial charge is 0.381 e. The Hall–Kier alpha value is -0.0800. The van der Waals surface area contributed by atoms with Gasteiger partial charge in [0.25, 0.3) is 0 Å². The minimum Gasteiger partial charge on any atom is -0.381 e. The third-order valence-corrected chi connectivity index (χ3v) is 4.41. The molecular weight excluding hydrogens is 222 g/mol. The van der Waals surface area contributed by atoms with E-state index in [1.165, 1.54) is 12.8 Å². The van der Waals surface area contributed by atoms with Crippen LogP contribution in [-0.4, -0.2) is 25.3 Å². The van der Waals surface area contributed by atoms with Gasteiger partial charge in [-0.1, -0.05) is 41.5 Å². The van der Waals surface area contributed by atoms with Crippen molar-refractivity contribution in [3.63, 3.8) is 0 Å². The van der Waals surface area contributed by atoms with Crippen LogP contribution in [0.5, 0.6) is 0 Å². The summed E-state index contributed by atoms with van der Waals surface area (Å²) < 4.78 is 5.54. The first kappa shape index (κ1) is 16.0. The van der Waals surface area contributed by atoms with E-state index < -0.39 is 0 Å². The summed E-state index contributed by atoms with van der Waals surface area (Å²) in [5.41, 5.74) is 0.279. The molecule has 1 aliphatic rings. The number of methoxy groups -OCH3 is 1. The number of hydrogen-bond acceptors (Lipinski definition) is 2. The first-order valence-corrected chi connectivity index (χ1v) is 7.56. The van der Waals surface area contributed by atoms with Crippen LogP contribution in [0.25, 0.3) is 0 Å². The minimum absolute atomic E-state index is 0.279. The molecule has 0 aromatic rings. The monoisotopic (exact) mass is 255 g/mol. The van der Waals surface area contributed by atoms with Gasteiger partial charge in [0.1, 0.15) is 0 Å². The van der Waals surface area contributed by atoms with E-state index in [2.05, 4.69) is 46.9 Å². The van der Waals surface area contributed by atoms with Crippen LogP contribution in [0.15, 0.2) is 0 Å². The van der Waals surface area contributed by atoms with Crippen molar-refractivity contribution in [2.75, 3.05) is 7.11 Å². The molecule has 1 saturated carbocycles. The van der Waals surface area contributed by atoms with Gasteiger partial charge in [-0.3, -0.25) is 0 Å². The number of ether oxygens (including phenoxy) is 1. The predicted molar refractivity (Wildman–Crippen MR) is 78.8 cm³/mol. The molecule has 0 aromatic carbocycles. The molecule has 2 unspecified atom stereocenters. The van der Waals surface area contributed by atoms with Crippen LogP contribution in [-0.2, 0) is 4.74 Å². The van der Waals surface area contributed by atoms with E-state index in [1.54, 1.807) is 0 Å². The Bertz CT molecular complexity index is 237. The molecule has 2 atom stereocenters. The average molecular weight is 255 g/mol. The van der Waals surface area contributed by atoms with E-state index in [1.807, 2.05) is 7.11 Å². The van der Waals surface area contributed by atoms with Crippen molar-refractivity contribution in [1.29, 1.82) is 0 Å². The molecule has 1 rings (SSSR count). The third kappa shape index (κ3) is 3.96. The normalized spacial score (nSPS) is 27.0. The lowest BCUT2D eigenvalue weighted by Gasteiger charge is -2.52. The zero-order valence-electron chi connectivity index (χ0n) is 13.4. The molecular formula is C16H33NO. The lowest BCUT2D eigenvalue weighted by atomic mass is 9.64. The molecule has 0 saturated heterocycles. The molecule has 18 heavy (non-hydrogen) atoms. The average Bonchev–Trinajstić information content (AvgIpc) is 2.21. The van der Waals surface area contributed by atoms with Gasteiger partial charge >= 0.3 is 0 Å². The molecule has 0 aromatic heterocycles. The van der Waals surface area contributed by atoms with E-state index in [0.29, 0.717) is 18.2 Å². The van der Waals surface area contributed by atoms with Gasteiger partial charge in [-0.05, 0) is 31.1 Å². The van der Waals surface area contributed by atoms with Gasteiger partial charge in [0.2, 0.25) is 0 Å². The molecule has 108 valence electrons. The predicted octanol–water partition coefficient (Wildman–Crippen LogP) is 3.85. The summed E-state index contributed by atoms with van der Waals surface area (Å²) >= 11 is 0. The Kier molecular flexibility index (Phi) is 5.67. The fourth-order valence-corrected chi connectivity index (χ4v) is 3.22. The highest BCUT2D eigenvalue weighted by Crippen LogP contribution is 2.43. The van der Waals surface area contributed by atoms with Gasteiger partial charge in [-0.2, -0.15) is 0 Å².